The second kappa shape index (κ2) is 11.2. The normalized spacial score (nSPS) is 13.4. The van der Waals surface area contributed by atoms with Gasteiger partial charge >= 0.3 is 0 Å². The van der Waals surface area contributed by atoms with Gasteiger partial charge in [0.1, 0.15) is 5.69 Å². The minimum absolute atomic E-state index is 0.0753. The van der Waals surface area contributed by atoms with Gasteiger partial charge in [-0.15, -0.1) is 0 Å². The number of halogens is 1. The molecule has 0 fully saturated rings. The van der Waals surface area contributed by atoms with Gasteiger partial charge in [0.25, 0.3) is 0 Å². The number of aliphatic imine (C=N–C) groups is 1. The number of allylic oxidation sites excluding steroid dienone is 3. The van der Waals surface area contributed by atoms with Crippen molar-refractivity contribution in [3.63, 3.8) is 0 Å². The fourth-order valence-corrected chi connectivity index (χ4v) is 3.72. The Kier molecular flexibility index (Phi) is 9.73. The summed E-state index contributed by atoms with van der Waals surface area (Å²) in [6.07, 6.45) is 10.6. The predicted octanol–water partition coefficient (Wildman–Crippen LogP) is 5.13. The van der Waals surface area contributed by atoms with Crippen LogP contribution in [-0.2, 0) is 4.79 Å². The smallest absolute Gasteiger partial charge is 0.228 e. The van der Waals surface area contributed by atoms with E-state index in [9.17, 15) is 4.79 Å². The molecule has 0 aromatic carbocycles. The maximum atomic E-state index is 12.8. The zero-order valence-corrected chi connectivity index (χ0v) is 17.8. The SMILES string of the molecule is C=N/C=C\C=C(/C)n1cc(N(CC)C(=O)CC(CC(C)C)SC)c(Cl)n1. The number of hydrogen-bond acceptors (Lipinski definition) is 4. The third-order valence-corrected chi connectivity index (χ3v) is 5.21. The molecule has 0 aliphatic rings. The quantitative estimate of drug-likeness (QED) is 0.406. The van der Waals surface area contributed by atoms with Gasteiger partial charge in [-0.1, -0.05) is 25.4 Å². The third-order valence-electron chi connectivity index (χ3n) is 3.92. The summed E-state index contributed by atoms with van der Waals surface area (Å²) in [7, 11) is 0. The van der Waals surface area contributed by atoms with Gasteiger partial charge < -0.3 is 4.90 Å². The molecule has 0 saturated carbocycles. The molecule has 1 atom stereocenters. The fourth-order valence-electron chi connectivity index (χ4n) is 2.60. The first-order valence-corrected chi connectivity index (χ1v) is 10.4. The summed E-state index contributed by atoms with van der Waals surface area (Å²) in [5.41, 5.74) is 1.51. The van der Waals surface area contributed by atoms with Crippen LogP contribution in [0.1, 0.15) is 40.5 Å². The van der Waals surface area contributed by atoms with Gasteiger partial charge in [-0.05, 0) is 51.3 Å². The van der Waals surface area contributed by atoms with Gasteiger partial charge in [0.05, 0.1) is 6.20 Å². The summed E-state index contributed by atoms with van der Waals surface area (Å²) in [6.45, 7) is 12.2. The topological polar surface area (TPSA) is 50.5 Å². The van der Waals surface area contributed by atoms with Crippen molar-refractivity contribution in [3.8, 4) is 0 Å². The maximum Gasteiger partial charge on any atom is 0.228 e. The lowest BCUT2D eigenvalue weighted by Gasteiger charge is -2.23. The van der Waals surface area contributed by atoms with Crippen molar-refractivity contribution in [3.05, 3.63) is 29.7 Å². The minimum Gasteiger partial charge on any atom is -0.308 e. The maximum absolute atomic E-state index is 12.8. The summed E-state index contributed by atoms with van der Waals surface area (Å²) in [5, 5.41) is 4.95. The molecule has 1 unspecified atom stereocenters. The van der Waals surface area contributed by atoms with Crippen molar-refractivity contribution < 1.29 is 4.79 Å². The molecule has 0 N–H and O–H groups in total. The second-order valence-corrected chi connectivity index (χ2v) is 7.91. The molecule has 0 spiro atoms. The molecule has 1 aromatic rings. The second-order valence-electron chi connectivity index (χ2n) is 6.41. The molecule has 0 bridgehead atoms. The Hall–Kier alpha value is -1.53. The highest BCUT2D eigenvalue weighted by molar-refractivity contribution is 7.99. The number of aromatic nitrogens is 2. The van der Waals surface area contributed by atoms with Gasteiger partial charge in [0, 0.05) is 30.1 Å². The van der Waals surface area contributed by atoms with Crippen LogP contribution in [0.25, 0.3) is 5.70 Å². The first-order chi connectivity index (χ1) is 12.3. The van der Waals surface area contributed by atoms with Crippen LogP contribution in [0.15, 0.2) is 29.5 Å². The zero-order valence-electron chi connectivity index (χ0n) is 16.3. The summed E-state index contributed by atoms with van der Waals surface area (Å²) in [5.74, 6) is 0.638. The molecule has 144 valence electrons. The Bertz CT molecular complexity index is 666. The van der Waals surface area contributed by atoms with Crippen molar-refractivity contribution in [2.75, 3.05) is 17.7 Å². The molecule has 1 heterocycles. The molecule has 1 rings (SSSR count). The molecular formula is C19H29ClN4OS. The number of nitrogens with zero attached hydrogens (tertiary/aromatic N) is 4. The summed E-state index contributed by atoms with van der Waals surface area (Å²) < 4.78 is 1.67. The first kappa shape index (κ1) is 22.5. The van der Waals surface area contributed by atoms with E-state index in [0.717, 1.165) is 12.1 Å². The van der Waals surface area contributed by atoms with Crippen LogP contribution < -0.4 is 4.90 Å². The van der Waals surface area contributed by atoms with Gasteiger partial charge in [-0.2, -0.15) is 16.9 Å². The summed E-state index contributed by atoms with van der Waals surface area (Å²) in [6, 6.07) is 0. The van der Waals surface area contributed by atoms with E-state index in [4.69, 9.17) is 11.6 Å². The predicted molar refractivity (Wildman–Crippen MR) is 115 cm³/mol. The van der Waals surface area contributed by atoms with Crippen molar-refractivity contribution in [1.29, 1.82) is 0 Å². The summed E-state index contributed by atoms with van der Waals surface area (Å²) in [4.78, 5) is 18.2. The van der Waals surface area contributed by atoms with E-state index in [1.165, 1.54) is 0 Å². The highest BCUT2D eigenvalue weighted by Gasteiger charge is 2.23. The number of thioether (sulfide) groups is 1. The number of rotatable bonds is 10. The number of carbonyl (C=O) groups excluding carboxylic acids is 1. The number of amides is 1. The molecule has 0 radical (unpaired) electrons. The highest BCUT2D eigenvalue weighted by Crippen LogP contribution is 2.28. The largest absolute Gasteiger partial charge is 0.308 e. The Morgan fingerprint density at radius 2 is 2.23 bits per heavy atom. The fraction of sp³-hybridized carbons (Fsp3) is 0.526. The van der Waals surface area contributed by atoms with E-state index in [2.05, 4.69) is 36.9 Å². The average molecular weight is 397 g/mol. The lowest BCUT2D eigenvalue weighted by atomic mass is 10.1. The molecule has 0 saturated heterocycles. The van der Waals surface area contributed by atoms with Gasteiger partial charge in [0.15, 0.2) is 5.15 Å². The Morgan fingerprint density at radius 1 is 1.54 bits per heavy atom. The number of anilines is 1. The van der Waals surface area contributed by atoms with Gasteiger partial charge in [-0.3, -0.25) is 9.79 Å². The van der Waals surface area contributed by atoms with Crippen LogP contribution >= 0.6 is 23.4 Å². The number of hydrogen-bond donors (Lipinski definition) is 0. The van der Waals surface area contributed by atoms with E-state index in [-0.39, 0.29) is 5.91 Å². The third kappa shape index (κ3) is 6.65. The van der Waals surface area contributed by atoms with Crippen LogP contribution in [0.2, 0.25) is 5.15 Å². The van der Waals surface area contributed by atoms with E-state index < -0.39 is 0 Å². The lowest BCUT2D eigenvalue weighted by Crippen LogP contribution is -2.33. The molecule has 26 heavy (non-hydrogen) atoms. The Labute approximate surface area is 166 Å². The van der Waals surface area contributed by atoms with Crippen molar-refractivity contribution in [2.45, 2.75) is 45.8 Å². The molecule has 1 aromatic heterocycles. The molecule has 0 aliphatic heterocycles. The average Bonchev–Trinajstić information content (AvgIpc) is 2.96. The zero-order chi connectivity index (χ0) is 19.7. The van der Waals surface area contributed by atoms with Crippen molar-refractivity contribution >= 4 is 47.4 Å². The minimum atomic E-state index is 0.0753. The molecule has 5 nitrogen and oxygen atoms in total. The van der Waals surface area contributed by atoms with Crippen LogP contribution in [-0.4, -0.2) is 40.5 Å². The molecule has 7 heteroatoms. The van der Waals surface area contributed by atoms with E-state index in [1.807, 2.05) is 19.9 Å². The van der Waals surface area contributed by atoms with Gasteiger partial charge in [-0.25, -0.2) is 4.68 Å². The van der Waals surface area contributed by atoms with E-state index in [1.54, 1.807) is 39.8 Å². The van der Waals surface area contributed by atoms with Crippen LogP contribution in [0, 0.1) is 5.92 Å². The Morgan fingerprint density at radius 3 is 2.77 bits per heavy atom. The number of carbonyl (C=O) groups is 1. The van der Waals surface area contributed by atoms with E-state index in [0.29, 0.717) is 35.0 Å². The van der Waals surface area contributed by atoms with Crippen LogP contribution in [0.5, 0.6) is 0 Å². The highest BCUT2D eigenvalue weighted by atomic mass is 35.5. The lowest BCUT2D eigenvalue weighted by molar-refractivity contribution is -0.118. The molecule has 0 aliphatic carbocycles. The standard InChI is InChI=1S/C19H29ClN4OS/c1-7-23(18(25)12-16(26-6)11-14(2)3)17-13-24(22-19(17)20)15(4)9-8-10-21-5/h8-10,13-14,16H,5,7,11-12H2,1-4,6H3/b10-8-,15-9+. The molecular weight excluding hydrogens is 368 g/mol. The van der Waals surface area contributed by atoms with Crippen molar-refractivity contribution in [2.24, 2.45) is 10.9 Å². The van der Waals surface area contributed by atoms with E-state index >= 15 is 0 Å². The molecule has 1 amide bonds. The first-order valence-electron chi connectivity index (χ1n) is 8.71. The monoisotopic (exact) mass is 396 g/mol. The van der Waals surface area contributed by atoms with Crippen molar-refractivity contribution in [1.82, 2.24) is 9.78 Å². The Balaban J connectivity index is 2.99. The summed E-state index contributed by atoms with van der Waals surface area (Å²) >= 11 is 8.06. The van der Waals surface area contributed by atoms with Crippen LogP contribution in [0.4, 0.5) is 5.69 Å². The van der Waals surface area contributed by atoms with Crippen LogP contribution in [0.3, 0.4) is 0 Å². The van der Waals surface area contributed by atoms with Gasteiger partial charge in [0.2, 0.25) is 5.91 Å².